The van der Waals surface area contributed by atoms with Crippen LogP contribution in [0.5, 0.6) is 0 Å². The molecule has 0 atom stereocenters. The molecule has 2 aromatic rings. The third-order valence-electron chi connectivity index (χ3n) is 4.04. The highest BCUT2D eigenvalue weighted by atomic mass is 127. The van der Waals surface area contributed by atoms with E-state index in [1.165, 1.54) is 18.2 Å². The second-order valence-electron chi connectivity index (χ2n) is 6.35. The molecule has 0 unspecified atom stereocenters. The van der Waals surface area contributed by atoms with Crippen molar-refractivity contribution in [3.8, 4) is 0 Å². The number of hydrogen-bond acceptors (Lipinski definition) is 6. The van der Waals surface area contributed by atoms with Gasteiger partial charge in [0.1, 0.15) is 11.5 Å². The van der Waals surface area contributed by atoms with Crippen LogP contribution in [0.3, 0.4) is 0 Å². The lowest BCUT2D eigenvalue weighted by atomic mass is 10.2. The second-order valence-corrected chi connectivity index (χ2v) is 8.36. The van der Waals surface area contributed by atoms with E-state index in [4.69, 9.17) is 0 Å². The van der Waals surface area contributed by atoms with E-state index in [9.17, 15) is 22.9 Å². The Hall–Kier alpha value is -2.48. The largest absolute Gasteiger partial charge is 0.378 e. The summed E-state index contributed by atoms with van der Waals surface area (Å²) >= 11 is 0. The first-order valence-corrected chi connectivity index (χ1v) is 11.1. The van der Waals surface area contributed by atoms with Gasteiger partial charge in [-0.25, -0.2) is 17.8 Å². The van der Waals surface area contributed by atoms with Crippen LogP contribution in [0.4, 0.5) is 15.8 Å². The molecule has 3 N–H and O–H groups in total. The molecule has 0 heterocycles. The van der Waals surface area contributed by atoms with Crippen LogP contribution in [-0.2, 0) is 16.4 Å². The zero-order valence-corrected chi connectivity index (χ0v) is 20.2. The van der Waals surface area contributed by atoms with Crippen LogP contribution in [-0.4, -0.2) is 45.2 Å². The van der Waals surface area contributed by atoms with E-state index in [-0.39, 0.29) is 52.6 Å². The summed E-state index contributed by atoms with van der Waals surface area (Å²) in [4.78, 5) is 14.8. The number of aliphatic imine (C=N–C) groups is 1. The molecule has 12 heteroatoms. The van der Waals surface area contributed by atoms with Crippen molar-refractivity contribution >= 4 is 51.1 Å². The van der Waals surface area contributed by atoms with E-state index in [0.717, 1.165) is 12.3 Å². The van der Waals surface area contributed by atoms with Crippen molar-refractivity contribution in [1.29, 1.82) is 0 Å². The first-order chi connectivity index (χ1) is 14.2. The Kier molecular flexibility index (Phi) is 10.6. The average molecular weight is 565 g/mol. The highest BCUT2D eigenvalue weighted by Gasteiger charge is 2.18. The van der Waals surface area contributed by atoms with Crippen molar-refractivity contribution in [2.45, 2.75) is 18.4 Å². The maximum absolute atomic E-state index is 13.7. The summed E-state index contributed by atoms with van der Waals surface area (Å²) in [6.45, 7) is 3.34. The molecule has 0 spiro atoms. The highest BCUT2D eigenvalue weighted by Crippen LogP contribution is 2.27. The number of hydrogen-bond donors (Lipinski definition) is 3. The SMILES string of the molecule is CCNC(=NCc1ccccc1F)NCCNc1ccc(S(C)(=O)=O)cc1[N+](=O)[O-].I. The summed E-state index contributed by atoms with van der Waals surface area (Å²) in [5.74, 6) is 0.146. The topological polar surface area (TPSA) is 126 Å². The quantitative estimate of drug-likeness (QED) is 0.107. The summed E-state index contributed by atoms with van der Waals surface area (Å²) in [5, 5.41) is 20.3. The molecule has 170 valence electrons. The molecule has 0 radical (unpaired) electrons. The van der Waals surface area contributed by atoms with Crippen LogP contribution in [0.1, 0.15) is 12.5 Å². The predicted octanol–water partition coefficient (Wildman–Crippen LogP) is 2.92. The predicted molar refractivity (Wildman–Crippen MR) is 129 cm³/mol. The van der Waals surface area contributed by atoms with Gasteiger partial charge < -0.3 is 16.0 Å². The van der Waals surface area contributed by atoms with Crippen LogP contribution < -0.4 is 16.0 Å². The first kappa shape index (κ1) is 26.6. The number of nitrogens with zero attached hydrogens (tertiary/aromatic N) is 2. The summed E-state index contributed by atoms with van der Waals surface area (Å²) in [6, 6.07) is 10.1. The van der Waals surface area contributed by atoms with Gasteiger partial charge in [-0.2, -0.15) is 0 Å². The number of sulfone groups is 1. The zero-order valence-electron chi connectivity index (χ0n) is 17.1. The number of nitrogens with one attached hydrogen (secondary N) is 3. The number of anilines is 1. The fraction of sp³-hybridized carbons (Fsp3) is 0.316. The smallest absolute Gasteiger partial charge is 0.293 e. The fourth-order valence-corrected chi connectivity index (χ4v) is 3.19. The first-order valence-electron chi connectivity index (χ1n) is 9.20. The van der Waals surface area contributed by atoms with E-state index in [2.05, 4.69) is 20.9 Å². The molecule has 0 aliphatic heterocycles. The van der Waals surface area contributed by atoms with Crippen molar-refractivity contribution < 1.29 is 17.7 Å². The minimum absolute atomic E-state index is 0. The van der Waals surface area contributed by atoms with Crippen molar-refractivity contribution in [1.82, 2.24) is 10.6 Å². The molecule has 0 aliphatic rings. The number of benzene rings is 2. The van der Waals surface area contributed by atoms with Crippen molar-refractivity contribution in [2.75, 3.05) is 31.2 Å². The normalized spacial score (nSPS) is 11.4. The Morgan fingerprint density at radius 3 is 2.48 bits per heavy atom. The van der Waals surface area contributed by atoms with Gasteiger partial charge in [0.25, 0.3) is 5.69 Å². The Labute approximate surface area is 197 Å². The van der Waals surface area contributed by atoms with E-state index < -0.39 is 14.8 Å². The lowest BCUT2D eigenvalue weighted by Gasteiger charge is -2.13. The molecular weight excluding hydrogens is 540 g/mol. The van der Waals surface area contributed by atoms with Crippen molar-refractivity contribution in [3.05, 3.63) is 64.0 Å². The monoisotopic (exact) mass is 565 g/mol. The lowest BCUT2D eigenvalue weighted by Crippen LogP contribution is -2.39. The van der Waals surface area contributed by atoms with E-state index in [1.54, 1.807) is 18.2 Å². The highest BCUT2D eigenvalue weighted by molar-refractivity contribution is 14.0. The molecule has 0 saturated heterocycles. The van der Waals surface area contributed by atoms with Gasteiger partial charge in [-0.05, 0) is 25.1 Å². The molecule has 0 aliphatic carbocycles. The maximum Gasteiger partial charge on any atom is 0.293 e. The van der Waals surface area contributed by atoms with Gasteiger partial charge in [0.05, 0.1) is 16.4 Å². The van der Waals surface area contributed by atoms with Gasteiger partial charge in [-0.3, -0.25) is 10.1 Å². The number of halogens is 2. The molecule has 0 amide bonds. The number of nitro groups is 1. The van der Waals surface area contributed by atoms with Crippen molar-refractivity contribution in [2.24, 2.45) is 4.99 Å². The molecule has 2 rings (SSSR count). The molecule has 0 aromatic heterocycles. The van der Waals surface area contributed by atoms with E-state index in [0.29, 0.717) is 31.2 Å². The van der Waals surface area contributed by atoms with Gasteiger partial charge in [0.2, 0.25) is 0 Å². The zero-order chi connectivity index (χ0) is 22.1. The molecule has 0 saturated carbocycles. The lowest BCUT2D eigenvalue weighted by molar-refractivity contribution is -0.384. The molecule has 0 fully saturated rings. The van der Waals surface area contributed by atoms with Crippen LogP contribution in [0.15, 0.2) is 52.4 Å². The summed E-state index contributed by atoms with van der Waals surface area (Å²) in [6.07, 6.45) is 0.992. The van der Waals surface area contributed by atoms with Gasteiger partial charge in [-0.1, -0.05) is 18.2 Å². The Bertz CT molecular complexity index is 1030. The number of rotatable bonds is 9. The standard InChI is InChI=1S/C19H24FN5O4S.HI/c1-3-21-19(24-13-14-6-4-5-7-16(14)20)23-11-10-22-17-9-8-15(30(2,28)29)12-18(17)25(26)27;/h4-9,12,22H,3,10-11,13H2,1-2H3,(H2,21,23,24);1H. The fourth-order valence-electron chi connectivity index (χ4n) is 2.55. The number of nitro benzene ring substituents is 1. The van der Waals surface area contributed by atoms with Crippen LogP contribution >= 0.6 is 24.0 Å². The third kappa shape index (κ3) is 8.28. The molecule has 0 bridgehead atoms. The van der Waals surface area contributed by atoms with Crippen molar-refractivity contribution in [3.63, 3.8) is 0 Å². The molecule has 31 heavy (non-hydrogen) atoms. The Morgan fingerprint density at radius 2 is 1.87 bits per heavy atom. The van der Waals surface area contributed by atoms with Gasteiger partial charge in [-0.15, -0.1) is 24.0 Å². The van der Waals surface area contributed by atoms with Gasteiger partial charge >= 0.3 is 0 Å². The minimum atomic E-state index is -3.55. The van der Waals surface area contributed by atoms with Crippen LogP contribution in [0.25, 0.3) is 0 Å². The summed E-state index contributed by atoms with van der Waals surface area (Å²) in [5.41, 5.74) is 0.356. The molecule has 9 nitrogen and oxygen atoms in total. The molecular formula is C19H25FIN5O4S. The minimum Gasteiger partial charge on any atom is -0.378 e. The Morgan fingerprint density at radius 1 is 1.16 bits per heavy atom. The summed E-state index contributed by atoms with van der Waals surface area (Å²) in [7, 11) is -3.55. The van der Waals surface area contributed by atoms with E-state index >= 15 is 0 Å². The summed E-state index contributed by atoms with van der Waals surface area (Å²) < 4.78 is 36.9. The van der Waals surface area contributed by atoms with Crippen LogP contribution in [0.2, 0.25) is 0 Å². The maximum atomic E-state index is 13.7. The van der Waals surface area contributed by atoms with E-state index in [1.807, 2.05) is 6.92 Å². The third-order valence-corrected chi connectivity index (χ3v) is 5.15. The number of guanidine groups is 1. The van der Waals surface area contributed by atoms with Crippen LogP contribution in [0, 0.1) is 15.9 Å². The second kappa shape index (κ2) is 12.4. The van der Waals surface area contributed by atoms with Gasteiger partial charge in [0.15, 0.2) is 15.8 Å². The Balaban J connectivity index is 0.00000480. The van der Waals surface area contributed by atoms with Gasteiger partial charge in [0, 0.05) is 37.5 Å². The molecule has 2 aromatic carbocycles. The average Bonchev–Trinajstić information content (AvgIpc) is 2.69.